The largest absolute Gasteiger partial charge is 0.377 e. The fourth-order valence-electron chi connectivity index (χ4n) is 5.59. The smallest absolute Gasteiger partial charge is 0.287 e. The van der Waals surface area contributed by atoms with Crippen LogP contribution >= 0.6 is 0 Å². The second kappa shape index (κ2) is 7.08. The third-order valence-electron chi connectivity index (χ3n) is 7.27. The summed E-state index contributed by atoms with van der Waals surface area (Å²) in [6.45, 7) is -0.840. The molecule has 0 aliphatic heterocycles. The molecule has 0 saturated heterocycles. The lowest BCUT2D eigenvalue weighted by Crippen LogP contribution is -2.76. The Kier molecular flexibility index (Phi) is 4.77. The average molecular weight is 496 g/mol. The fourth-order valence-corrected chi connectivity index (χ4v) is 6.22. The zero-order valence-corrected chi connectivity index (χ0v) is 18.7. The van der Waals surface area contributed by atoms with Gasteiger partial charge in [0.1, 0.15) is 18.0 Å². The van der Waals surface area contributed by atoms with Crippen molar-refractivity contribution in [2.75, 3.05) is 6.26 Å². The van der Waals surface area contributed by atoms with Gasteiger partial charge in [0.05, 0.1) is 11.4 Å². The third kappa shape index (κ3) is 3.11. The molecule has 34 heavy (non-hydrogen) atoms. The van der Waals surface area contributed by atoms with Gasteiger partial charge in [0.2, 0.25) is 0 Å². The van der Waals surface area contributed by atoms with Gasteiger partial charge in [-0.1, -0.05) is 12.1 Å². The first-order chi connectivity index (χ1) is 15.8. The van der Waals surface area contributed by atoms with Crippen molar-refractivity contribution in [2.45, 2.75) is 47.6 Å². The lowest BCUT2D eigenvalue weighted by Gasteiger charge is -2.74. The van der Waals surface area contributed by atoms with E-state index in [1.165, 1.54) is 12.1 Å². The van der Waals surface area contributed by atoms with E-state index in [-0.39, 0.29) is 24.2 Å². The number of aromatic nitrogens is 4. The van der Waals surface area contributed by atoms with Gasteiger partial charge in [-0.05, 0) is 64.9 Å². The van der Waals surface area contributed by atoms with Crippen molar-refractivity contribution in [3.63, 3.8) is 0 Å². The molecule has 180 valence electrons. The van der Waals surface area contributed by atoms with Crippen LogP contribution in [-0.2, 0) is 27.4 Å². The molecule has 3 aliphatic carbocycles. The van der Waals surface area contributed by atoms with E-state index in [2.05, 4.69) is 15.5 Å². The first-order valence-corrected chi connectivity index (χ1v) is 12.3. The number of benzene rings is 2. The topological polar surface area (TPSA) is 98.0 Å². The van der Waals surface area contributed by atoms with Crippen LogP contribution in [0.4, 0.5) is 17.6 Å². The Bertz CT molecular complexity index is 1340. The Balaban J connectivity index is 1.48. The monoisotopic (exact) mass is 496 g/mol. The molecule has 1 heterocycles. The predicted octanol–water partition coefficient (Wildman–Crippen LogP) is 3.00. The van der Waals surface area contributed by atoms with Crippen LogP contribution in [0, 0.1) is 17.0 Å². The maximum Gasteiger partial charge on any atom is 0.287 e. The van der Waals surface area contributed by atoms with Crippen LogP contribution in [0.5, 0.6) is 0 Å². The van der Waals surface area contributed by atoms with Gasteiger partial charge in [-0.15, -0.1) is 5.10 Å². The number of hydrogen-bond acceptors (Lipinski definition) is 6. The molecule has 6 rings (SSSR count). The van der Waals surface area contributed by atoms with Crippen molar-refractivity contribution in [3.05, 3.63) is 71.6 Å². The maximum atomic E-state index is 16.1. The highest BCUT2D eigenvalue weighted by atomic mass is 32.2. The number of sulfone groups is 1. The predicted molar refractivity (Wildman–Crippen MR) is 111 cm³/mol. The van der Waals surface area contributed by atoms with Crippen LogP contribution in [0.15, 0.2) is 53.7 Å². The number of alkyl halides is 2. The average Bonchev–Trinajstić information content (AvgIpc) is 3.18. The molecule has 1 aromatic heterocycles. The van der Waals surface area contributed by atoms with E-state index in [1.807, 2.05) is 0 Å². The van der Waals surface area contributed by atoms with Gasteiger partial charge in [-0.3, -0.25) is 0 Å². The van der Waals surface area contributed by atoms with E-state index in [4.69, 9.17) is 0 Å². The Hall–Kier alpha value is -2.86. The van der Waals surface area contributed by atoms with Crippen LogP contribution in [0.1, 0.15) is 30.4 Å². The van der Waals surface area contributed by atoms with Crippen molar-refractivity contribution in [2.24, 2.45) is 5.41 Å². The lowest BCUT2D eigenvalue weighted by molar-refractivity contribution is -0.347. The summed E-state index contributed by atoms with van der Waals surface area (Å²) >= 11 is 0. The normalized spacial score (nSPS) is 25.8. The number of nitrogens with zero attached hydrogens (tertiary/aromatic N) is 4. The summed E-state index contributed by atoms with van der Waals surface area (Å²) in [5, 5.41) is 21.7. The molecule has 0 unspecified atom stereocenters. The van der Waals surface area contributed by atoms with Crippen molar-refractivity contribution >= 4 is 9.84 Å². The molecule has 0 spiro atoms. The van der Waals surface area contributed by atoms with Crippen LogP contribution in [0.25, 0.3) is 0 Å². The van der Waals surface area contributed by atoms with Crippen LogP contribution in [-0.4, -0.2) is 45.9 Å². The van der Waals surface area contributed by atoms with Crippen molar-refractivity contribution in [1.82, 2.24) is 20.2 Å². The van der Waals surface area contributed by atoms with Crippen LogP contribution in [0.3, 0.4) is 0 Å². The van der Waals surface area contributed by atoms with Gasteiger partial charge >= 0.3 is 0 Å². The van der Waals surface area contributed by atoms with Gasteiger partial charge < -0.3 is 5.11 Å². The van der Waals surface area contributed by atoms with E-state index in [0.29, 0.717) is 6.07 Å². The minimum absolute atomic E-state index is 0.0198. The summed E-state index contributed by atoms with van der Waals surface area (Å²) in [6.07, 6.45) is 2.16. The molecule has 7 nitrogen and oxygen atoms in total. The van der Waals surface area contributed by atoms with Gasteiger partial charge in [0.25, 0.3) is 5.92 Å². The summed E-state index contributed by atoms with van der Waals surface area (Å²) < 4.78 is 84.7. The molecule has 3 aromatic rings. The van der Waals surface area contributed by atoms with Gasteiger partial charge in [0, 0.05) is 23.3 Å². The Morgan fingerprint density at radius 2 is 1.74 bits per heavy atom. The molecule has 0 amide bonds. The molecular weight excluding hydrogens is 476 g/mol. The quantitative estimate of drug-likeness (QED) is 0.505. The highest BCUT2D eigenvalue weighted by Gasteiger charge is 2.82. The molecule has 3 saturated carbocycles. The fraction of sp³-hybridized carbons (Fsp3) is 0.409. The number of tetrazole rings is 1. The number of aliphatic hydroxyl groups is 1. The first kappa shape index (κ1) is 22.9. The standard InChI is InChI=1S/C22H20F4N4O3S/c1-34(32,33)16-5-2-14(3-6-16)19-9-20(10-19,11-19)22(25,26)21(31,12-30-13-27-28-29-30)17-7-4-15(23)8-18(17)24/h2-8,13,31H,9-12H2,1H3/t19?,20?,21-/m0/s1. The number of hydrogen-bond donors (Lipinski definition) is 1. The lowest BCUT2D eigenvalue weighted by atomic mass is 9.30. The molecule has 1 atom stereocenters. The van der Waals surface area contributed by atoms with E-state index < -0.39 is 55.9 Å². The van der Waals surface area contributed by atoms with Crippen LogP contribution < -0.4 is 0 Å². The van der Waals surface area contributed by atoms with Crippen molar-refractivity contribution in [3.8, 4) is 0 Å². The highest BCUT2D eigenvalue weighted by molar-refractivity contribution is 7.90. The first-order valence-electron chi connectivity index (χ1n) is 10.4. The molecule has 2 bridgehead atoms. The van der Waals surface area contributed by atoms with E-state index >= 15 is 8.78 Å². The molecule has 1 N–H and O–H groups in total. The number of rotatable bonds is 7. The maximum absolute atomic E-state index is 16.1. The molecule has 12 heteroatoms. The highest BCUT2D eigenvalue weighted by Crippen LogP contribution is 2.80. The summed E-state index contributed by atoms with van der Waals surface area (Å²) in [5.41, 5.74) is -5.25. The molecule has 0 radical (unpaired) electrons. The summed E-state index contributed by atoms with van der Waals surface area (Å²) in [7, 11) is -3.39. The SMILES string of the molecule is CS(=O)(=O)c1ccc(C23CC(C(F)(F)[C@](O)(Cn4cnnn4)c4ccc(F)cc4F)(C2)C3)cc1. The van der Waals surface area contributed by atoms with Crippen molar-refractivity contribution < 1.29 is 31.1 Å². The van der Waals surface area contributed by atoms with Crippen molar-refractivity contribution in [1.29, 1.82) is 0 Å². The Morgan fingerprint density at radius 3 is 2.26 bits per heavy atom. The van der Waals surface area contributed by atoms with Gasteiger partial charge in [-0.2, -0.15) is 0 Å². The van der Waals surface area contributed by atoms with E-state index in [1.54, 1.807) is 12.1 Å². The molecule has 3 aliphatic rings. The van der Waals surface area contributed by atoms with Gasteiger partial charge in [0.15, 0.2) is 15.4 Å². The van der Waals surface area contributed by atoms with Gasteiger partial charge in [-0.25, -0.2) is 30.7 Å². The summed E-state index contributed by atoms with van der Waals surface area (Å²) in [4.78, 5) is 0.130. The second-order valence-electron chi connectivity index (χ2n) is 9.45. The summed E-state index contributed by atoms with van der Waals surface area (Å²) in [6, 6.07) is 8.19. The molecule has 2 aromatic carbocycles. The second-order valence-corrected chi connectivity index (χ2v) is 11.5. The number of halogens is 4. The van der Waals surface area contributed by atoms with E-state index in [9.17, 15) is 22.3 Å². The Morgan fingerprint density at radius 1 is 1.09 bits per heavy atom. The van der Waals surface area contributed by atoms with E-state index in [0.717, 1.165) is 35.0 Å². The summed E-state index contributed by atoms with van der Waals surface area (Å²) in [5.74, 6) is -6.08. The minimum atomic E-state index is -3.82. The zero-order valence-electron chi connectivity index (χ0n) is 17.9. The Labute approximate surface area is 192 Å². The minimum Gasteiger partial charge on any atom is -0.377 e. The van der Waals surface area contributed by atoms with Crippen LogP contribution in [0.2, 0.25) is 0 Å². The third-order valence-corrected chi connectivity index (χ3v) is 8.40. The molecular formula is C22H20F4N4O3S. The zero-order chi connectivity index (χ0) is 24.6. The molecule has 3 fully saturated rings.